The zero-order valence-electron chi connectivity index (χ0n) is 12.3. The third kappa shape index (κ3) is 3.87. The van der Waals surface area contributed by atoms with Crippen molar-refractivity contribution >= 4 is 5.71 Å². The summed E-state index contributed by atoms with van der Waals surface area (Å²) in [5, 5.41) is 0. The molecule has 0 aliphatic carbocycles. The van der Waals surface area contributed by atoms with Crippen LogP contribution in [0.3, 0.4) is 0 Å². The number of nitrogens with zero attached hydrogens (tertiary/aromatic N) is 1. The molecule has 1 atom stereocenters. The topological polar surface area (TPSA) is 21.6 Å². The van der Waals surface area contributed by atoms with Crippen LogP contribution in [0.1, 0.15) is 24.1 Å². The minimum Gasteiger partial charge on any atom is -0.497 e. The van der Waals surface area contributed by atoms with Crippen LogP contribution in [0.4, 0.5) is 13.2 Å². The van der Waals surface area contributed by atoms with E-state index in [4.69, 9.17) is 4.74 Å². The average Bonchev–Trinajstić information content (AvgIpc) is 2.52. The van der Waals surface area contributed by atoms with E-state index in [0.717, 1.165) is 5.56 Å². The van der Waals surface area contributed by atoms with Crippen LogP contribution in [0.2, 0.25) is 0 Å². The van der Waals surface area contributed by atoms with E-state index >= 15 is 0 Å². The van der Waals surface area contributed by atoms with Gasteiger partial charge in [-0.05, 0) is 36.8 Å². The molecule has 0 saturated heterocycles. The number of benzene rings is 2. The highest BCUT2D eigenvalue weighted by molar-refractivity contribution is 6.04. The fourth-order valence-electron chi connectivity index (χ4n) is 2.06. The Balaban J connectivity index is 2.39. The highest BCUT2D eigenvalue weighted by Crippen LogP contribution is 2.27. The van der Waals surface area contributed by atoms with Gasteiger partial charge in [0.15, 0.2) is 0 Å². The summed E-state index contributed by atoms with van der Waals surface area (Å²) < 4.78 is 44.9. The lowest BCUT2D eigenvalue weighted by Gasteiger charge is -2.15. The number of rotatable bonds is 4. The molecule has 0 radical (unpaired) electrons. The monoisotopic (exact) mass is 307 g/mol. The molecular formula is C17H16F3NO. The van der Waals surface area contributed by atoms with Gasteiger partial charge in [-0.25, -0.2) is 0 Å². The van der Waals surface area contributed by atoms with Crippen molar-refractivity contribution < 1.29 is 17.9 Å². The lowest BCUT2D eigenvalue weighted by atomic mass is 10.1. The Bertz CT molecular complexity index is 633. The maximum atomic E-state index is 13.3. The first kappa shape index (κ1) is 16.1. The SMILES string of the molecule is COc1ccc(C(=N[C@H](C)c2ccccc2)C(F)(F)F)cc1. The van der Waals surface area contributed by atoms with Crippen LogP contribution in [0.25, 0.3) is 0 Å². The molecule has 0 N–H and O–H groups in total. The molecule has 2 aromatic rings. The molecule has 0 amide bonds. The molecule has 0 aliphatic heterocycles. The van der Waals surface area contributed by atoms with Gasteiger partial charge in [-0.3, -0.25) is 4.99 Å². The van der Waals surface area contributed by atoms with Gasteiger partial charge >= 0.3 is 6.18 Å². The van der Waals surface area contributed by atoms with Crippen molar-refractivity contribution in [2.75, 3.05) is 7.11 Å². The molecule has 116 valence electrons. The van der Waals surface area contributed by atoms with Gasteiger partial charge in [-0.15, -0.1) is 0 Å². The van der Waals surface area contributed by atoms with Crippen LogP contribution in [0, 0.1) is 0 Å². The van der Waals surface area contributed by atoms with E-state index in [0.29, 0.717) is 5.75 Å². The largest absolute Gasteiger partial charge is 0.497 e. The predicted molar refractivity (Wildman–Crippen MR) is 80.4 cm³/mol. The van der Waals surface area contributed by atoms with Crippen molar-refractivity contribution in [3.05, 3.63) is 65.7 Å². The standard InChI is InChI=1S/C17H16F3NO/c1-12(13-6-4-3-5-7-13)21-16(17(18,19)20)14-8-10-15(22-2)11-9-14/h3-12H,1-2H3/t12-/m1/s1. The smallest absolute Gasteiger partial charge is 0.433 e. The fourth-order valence-corrected chi connectivity index (χ4v) is 2.06. The summed E-state index contributed by atoms with van der Waals surface area (Å²) in [6.45, 7) is 1.64. The Kier molecular flexibility index (Phi) is 4.85. The Morgan fingerprint density at radius 2 is 1.59 bits per heavy atom. The number of halogens is 3. The van der Waals surface area contributed by atoms with Crippen LogP contribution >= 0.6 is 0 Å². The number of ether oxygens (including phenoxy) is 1. The number of alkyl halides is 3. The fraction of sp³-hybridized carbons (Fsp3) is 0.235. The van der Waals surface area contributed by atoms with E-state index in [9.17, 15) is 13.2 Å². The zero-order valence-corrected chi connectivity index (χ0v) is 12.3. The van der Waals surface area contributed by atoms with Crippen molar-refractivity contribution in [3.8, 4) is 5.75 Å². The van der Waals surface area contributed by atoms with Gasteiger partial charge in [0, 0.05) is 5.56 Å². The Hall–Kier alpha value is -2.30. The second-order valence-corrected chi connectivity index (χ2v) is 4.79. The zero-order chi connectivity index (χ0) is 16.2. The highest BCUT2D eigenvalue weighted by atomic mass is 19.4. The minimum absolute atomic E-state index is 0.0241. The summed E-state index contributed by atoms with van der Waals surface area (Å²) in [5.41, 5.74) is -0.125. The third-order valence-electron chi connectivity index (χ3n) is 3.24. The van der Waals surface area contributed by atoms with Crippen molar-refractivity contribution in [3.63, 3.8) is 0 Å². The Morgan fingerprint density at radius 3 is 2.09 bits per heavy atom. The maximum absolute atomic E-state index is 13.3. The van der Waals surface area contributed by atoms with Crippen LogP contribution in [0.5, 0.6) is 5.75 Å². The van der Waals surface area contributed by atoms with Crippen LogP contribution in [-0.2, 0) is 0 Å². The molecule has 0 fully saturated rings. The molecule has 0 aliphatic rings. The van der Waals surface area contributed by atoms with Crippen molar-refractivity contribution in [2.24, 2.45) is 4.99 Å². The summed E-state index contributed by atoms with van der Waals surface area (Å²) in [6.07, 6.45) is -4.52. The number of methoxy groups -OCH3 is 1. The molecule has 0 saturated carbocycles. The van der Waals surface area contributed by atoms with Gasteiger partial charge in [-0.2, -0.15) is 13.2 Å². The lowest BCUT2D eigenvalue weighted by molar-refractivity contribution is -0.0584. The van der Waals surface area contributed by atoms with E-state index in [1.807, 2.05) is 6.07 Å². The molecule has 5 heteroatoms. The number of aliphatic imine (C=N–C) groups is 1. The molecule has 0 unspecified atom stereocenters. The molecule has 0 heterocycles. The molecule has 0 aromatic heterocycles. The average molecular weight is 307 g/mol. The molecule has 2 aromatic carbocycles. The molecule has 2 rings (SSSR count). The van der Waals surface area contributed by atoms with Gasteiger partial charge in [0.25, 0.3) is 0 Å². The normalized spacial score (nSPS) is 13.8. The Labute approximate surface area is 127 Å². The summed E-state index contributed by atoms with van der Waals surface area (Å²) in [6, 6.07) is 14.0. The molecule has 0 spiro atoms. The van der Waals surface area contributed by atoms with Crippen molar-refractivity contribution in [2.45, 2.75) is 19.1 Å². The summed E-state index contributed by atoms with van der Waals surface area (Å²) in [7, 11) is 1.46. The third-order valence-corrected chi connectivity index (χ3v) is 3.24. The maximum Gasteiger partial charge on any atom is 0.433 e. The summed E-state index contributed by atoms with van der Waals surface area (Å²) >= 11 is 0. The second-order valence-electron chi connectivity index (χ2n) is 4.79. The van der Waals surface area contributed by atoms with Crippen LogP contribution < -0.4 is 4.74 Å². The van der Waals surface area contributed by atoms with Gasteiger partial charge in [0.1, 0.15) is 11.5 Å². The van der Waals surface area contributed by atoms with Gasteiger partial charge in [0.05, 0.1) is 13.2 Å². The van der Waals surface area contributed by atoms with E-state index in [2.05, 4.69) is 4.99 Å². The van der Waals surface area contributed by atoms with Gasteiger partial charge < -0.3 is 4.74 Å². The van der Waals surface area contributed by atoms with Crippen molar-refractivity contribution in [1.82, 2.24) is 0 Å². The van der Waals surface area contributed by atoms with E-state index in [-0.39, 0.29) is 5.56 Å². The predicted octanol–water partition coefficient (Wildman–Crippen LogP) is 4.81. The minimum atomic E-state index is -4.52. The second kappa shape index (κ2) is 6.64. The summed E-state index contributed by atoms with van der Waals surface area (Å²) in [5.74, 6) is 0.501. The van der Waals surface area contributed by atoms with Crippen LogP contribution in [-0.4, -0.2) is 19.0 Å². The van der Waals surface area contributed by atoms with E-state index in [1.165, 1.54) is 31.4 Å². The number of hydrogen-bond donors (Lipinski definition) is 0. The number of hydrogen-bond acceptors (Lipinski definition) is 2. The first-order valence-corrected chi connectivity index (χ1v) is 6.76. The summed E-state index contributed by atoms with van der Waals surface area (Å²) in [4.78, 5) is 3.89. The van der Waals surface area contributed by atoms with E-state index in [1.54, 1.807) is 31.2 Å². The van der Waals surface area contributed by atoms with Gasteiger partial charge in [-0.1, -0.05) is 30.3 Å². The van der Waals surface area contributed by atoms with Crippen molar-refractivity contribution in [1.29, 1.82) is 0 Å². The lowest BCUT2D eigenvalue weighted by Crippen LogP contribution is -2.24. The Morgan fingerprint density at radius 1 is 1.00 bits per heavy atom. The van der Waals surface area contributed by atoms with Crippen LogP contribution in [0.15, 0.2) is 59.6 Å². The molecular weight excluding hydrogens is 291 g/mol. The van der Waals surface area contributed by atoms with E-state index < -0.39 is 17.9 Å². The molecule has 0 bridgehead atoms. The molecule has 22 heavy (non-hydrogen) atoms. The first-order valence-electron chi connectivity index (χ1n) is 6.76. The quantitative estimate of drug-likeness (QED) is 0.743. The first-order chi connectivity index (χ1) is 10.4. The molecule has 2 nitrogen and oxygen atoms in total. The van der Waals surface area contributed by atoms with Gasteiger partial charge in [0.2, 0.25) is 0 Å². The highest BCUT2D eigenvalue weighted by Gasteiger charge is 2.37.